The van der Waals surface area contributed by atoms with Gasteiger partial charge in [0.15, 0.2) is 6.61 Å². The SMILES string of the molecule is CC(C)(C(=O)NOCC(=O)Nc1cccc(S(=O)(=O)N2CCCC2)c1)c1ccccc1. The number of rotatable bonds is 8. The molecule has 0 saturated carbocycles. The molecular formula is C22H27N3O5S. The number of sulfonamides is 1. The van der Waals surface area contributed by atoms with Gasteiger partial charge in [-0.3, -0.25) is 14.4 Å². The zero-order valence-corrected chi connectivity index (χ0v) is 18.4. The Morgan fingerprint density at radius 1 is 1.03 bits per heavy atom. The molecule has 0 radical (unpaired) electrons. The Bertz CT molecular complexity index is 1030. The Labute approximate surface area is 182 Å². The van der Waals surface area contributed by atoms with E-state index in [-0.39, 0.29) is 10.8 Å². The van der Waals surface area contributed by atoms with Crippen LogP contribution in [-0.2, 0) is 29.9 Å². The van der Waals surface area contributed by atoms with Gasteiger partial charge in [-0.05, 0) is 50.5 Å². The van der Waals surface area contributed by atoms with Crippen LogP contribution in [0, 0.1) is 0 Å². The molecule has 2 amide bonds. The molecule has 0 atom stereocenters. The van der Waals surface area contributed by atoms with Crippen LogP contribution in [0.4, 0.5) is 5.69 Å². The zero-order valence-electron chi connectivity index (χ0n) is 17.6. The Morgan fingerprint density at radius 3 is 2.39 bits per heavy atom. The quantitative estimate of drug-likeness (QED) is 0.607. The van der Waals surface area contributed by atoms with Gasteiger partial charge < -0.3 is 5.32 Å². The van der Waals surface area contributed by atoms with Crippen LogP contribution in [0.5, 0.6) is 0 Å². The van der Waals surface area contributed by atoms with Crippen molar-refractivity contribution in [2.75, 3.05) is 25.0 Å². The van der Waals surface area contributed by atoms with Gasteiger partial charge in [0.05, 0.1) is 10.3 Å². The maximum absolute atomic E-state index is 12.7. The lowest BCUT2D eigenvalue weighted by Gasteiger charge is -2.23. The molecule has 2 N–H and O–H groups in total. The summed E-state index contributed by atoms with van der Waals surface area (Å²) in [5, 5.41) is 2.59. The van der Waals surface area contributed by atoms with Crippen LogP contribution in [0.2, 0.25) is 0 Å². The van der Waals surface area contributed by atoms with Crippen LogP contribution in [-0.4, -0.2) is 44.2 Å². The van der Waals surface area contributed by atoms with Crippen LogP contribution in [0.25, 0.3) is 0 Å². The van der Waals surface area contributed by atoms with E-state index in [9.17, 15) is 18.0 Å². The van der Waals surface area contributed by atoms with E-state index in [1.807, 2.05) is 30.3 Å². The Hall–Kier alpha value is -2.75. The highest BCUT2D eigenvalue weighted by Gasteiger charge is 2.30. The molecule has 0 aliphatic carbocycles. The predicted octanol–water partition coefficient (Wildman–Crippen LogP) is 2.44. The molecule has 8 nitrogen and oxygen atoms in total. The second kappa shape index (κ2) is 9.59. The first kappa shape index (κ1) is 22.9. The number of benzene rings is 2. The lowest BCUT2D eigenvalue weighted by molar-refractivity contribution is -0.141. The number of carbonyl (C=O) groups excluding carboxylic acids is 2. The highest BCUT2D eigenvalue weighted by Crippen LogP contribution is 2.24. The summed E-state index contributed by atoms with van der Waals surface area (Å²) in [4.78, 5) is 29.8. The van der Waals surface area contributed by atoms with Crippen molar-refractivity contribution in [2.24, 2.45) is 0 Å². The molecule has 0 spiro atoms. The predicted molar refractivity (Wildman–Crippen MR) is 117 cm³/mol. The smallest absolute Gasteiger partial charge is 0.253 e. The fourth-order valence-electron chi connectivity index (χ4n) is 3.29. The summed E-state index contributed by atoms with van der Waals surface area (Å²) in [7, 11) is -3.57. The van der Waals surface area contributed by atoms with Gasteiger partial charge in [-0.2, -0.15) is 4.31 Å². The van der Waals surface area contributed by atoms with Gasteiger partial charge in [-0.1, -0.05) is 36.4 Å². The van der Waals surface area contributed by atoms with Crippen molar-refractivity contribution < 1.29 is 22.8 Å². The van der Waals surface area contributed by atoms with Crippen molar-refractivity contribution in [2.45, 2.75) is 37.0 Å². The summed E-state index contributed by atoms with van der Waals surface area (Å²) in [6, 6.07) is 15.3. The van der Waals surface area contributed by atoms with Crippen LogP contribution < -0.4 is 10.8 Å². The molecule has 1 aliphatic heterocycles. The lowest BCUT2D eigenvalue weighted by Crippen LogP contribution is -2.41. The molecule has 0 aromatic heterocycles. The van der Waals surface area contributed by atoms with Gasteiger partial charge >= 0.3 is 0 Å². The number of hydroxylamine groups is 1. The van der Waals surface area contributed by atoms with Crippen LogP contribution in [0.1, 0.15) is 32.3 Å². The van der Waals surface area contributed by atoms with E-state index >= 15 is 0 Å². The van der Waals surface area contributed by atoms with Crippen LogP contribution in [0.3, 0.4) is 0 Å². The summed E-state index contributed by atoms with van der Waals surface area (Å²) < 4.78 is 26.8. The number of nitrogens with one attached hydrogen (secondary N) is 2. The minimum atomic E-state index is -3.57. The fraction of sp³-hybridized carbons (Fsp3) is 0.364. The molecular weight excluding hydrogens is 418 g/mol. The maximum Gasteiger partial charge on any atom is 0.253 e. The highest BCUT2D eigenvalue weighted by molar-refractivity contribution is 7.89. The number of nitrogens with zero attached hydrogens (tertiary/aromatic N) is 1. The lowest BCUT2D eigenvalue weighted by atomic mass is 9.84. The second-order valence-electron chi connectivity index (χ2n) is 7.90. The molecule has 1 saturated heterocycles. The van der Waals surface area contributed by atoms with Crippen molar-refractivity contribution in [3.8, 4) is 0 Å². The van der Waals surface area contributed by atoms with Crippen molar-refractivity contribution in [1.82, 2.24) is 9.79 Å². The minimum Gasteiger partial charge on any atom is -0.324 e. The number of hydrogen-bond donors (Lipinski definition) is 2. The van der Waals surface area contributed by atoms with Crippen molar-refractivity contribution >= 4 is 27.5 Å². The Morgan fingerprint density at radius 2 is 1.71 bits per heavy atom. The zero-order chi connectivity index (χ0) is 22.5. The van der Waals surface area contributed by atoms with Gasteiger partial charge in [-0.25, -0.2) is 13.9 Å². The molecule has 1 aliphatic rings. The van der Waals surface area contributed by atoms with Gasteiger partial charge in [-0.15, -0.1) is 0 Å². The summed E-state index contributed by atoms with van der Waals surface area (Å²) in [6.07, 6.45) is 1.69. The topological polar surface area (TPSA) is 105 Å². The molecule has 166 valence electrons. The number of carbonyl (C=O) groups is 2. The molecule has 2 aromatic carbocycles. The van der Waals surface area contributed by atoms with Crippen LogP contribution >= 0.6 is 0 Å². The first-order valence-corrected chi connectivity index (χ1v) is 11.5. The van der Waals surface area contributed by atoms with Gasteiger partial charge in [0.2, 0.25) is 10.0 Å². The summed E-state index contributed by atoms with van der Waals surface area (Å²) in [5.74, 6) is -0.904. The van der Waals surface area contributed by atoms with Crippen molar-refractivity contribution in [3.63, 3.8) is 0 Å². The minimum absolute atomic E-state index is 0.131. The van der Waals surface area contributed by atoms with Crippen molar-refractivity contribution in [1.29, 1.82) is 0 Å². The maximum atomic E-state index is 12.7. The summed E-state index contributed by atoms with van der Waals surface area (Å²) >= 11 is 0. The van der Waals surface area contributed by atoms with Crippen molar-refractivity contribution in [3.05, 3.63) is 60.2 Å². The standard InChI is InChI=1S/C22H27N3O5S/c1-22(2,17-9-4-3-5-10-17)21(27)24-30-16-20(26)23-18-11-8-12-19(15-18)31(28,29)25-13-6-7-14-25/h3-5,8-12,15H,6-7,13-14,16H2,1-2H3,(H,23,26)(H,24,27). The fourth-order valence-corrected chi connectivity index (χ4v) is 4.85. The Kier molecular flexibility index (Phi) is 7.09. The third-order valence-electron chi connectivity index (χ3n) is 5.25. The molecule has 3 rings (SSSR count). The molecule has 31 heavy (non-hydrogen) atoms. The first-order chi connectivity index (χ1) is 14.7. The third kappa shape index (κ3) is 5.49. The largest absolute Gasteiger partial charge is 0.324 e. The average molecular weight is 446 g/mol. The monoisotopic (exact) mass is 445 g/mol. The molecule has 1 fully saturated rings. The normalized spacial score (nSPS) is 14.9. The third-order valence-corrected chi connectivity index (χ3v) is 7.15. The van der Waals surface area contributed by atoms with E-state index in [1.54, 1.807) is 26.0 Å². The number of hydrogen-bond acceptors (Lipinski definition) is 5. The average Bonchev–Trinajstić information content (AvgIpc) is 3.30. The van der Waals surface area contributed by atoms with Gasteiger partial charge in [0.1, 0.15) is 0 Å². The number of anilines is 1. The Balaban J connectivity index is 1.54. The van der Waals surface area contributed by atoms with Crippen LogP contribution in [0.15, 0.2) is 59.5 Å². The first-order valence-electron chi connectivity index (χ1n) is 10.1. The summed E-state index contributed by atoms with van der Waals surface area (Å²) in [5.41, 5.74) is 2.63. The molecule has 1 heterocycles. The number of amides is 2. The molecule has 9 heteroatoms. The van der Waals surface area contributed by atoms with E-state index in [1.165, 1.54) is 16.4 Å². The molecule has 2 aromatic rings. The van der Waals surface area contributed by atoms with Gasteiger partial charge in [0.25, 0.3) is 11.8 Å². The van der Waals surface area contributed by atoms with E-state index in [4.69, 9.17) is 4.84 Å². The van der Waals surface area contributed by atoms with E-state index in [0.717, 1.165) is 18.4 Å². The highest BCUT2D eigenvalue weighted by atomic mass is 32.2. The van der Waals surface area contributed by atoms with E-state index in [2.05, 4.69) is 10.8 Å². The van der Waals surface area contributed by atoms with E-state index < -0.39 is 28.0 Å². The summed E-state index contributed by atoms with van der Waals surface area (Å²) in [6.45, 7) is 4.11. The second-order valence-corrected chi connectivity index (χ2v) is 9.84. The van der Waals surface area contributed by atoms with E-state index in [0.29, 0.717) is 18.8 Å². The molecule has 0 unspecified atom stereocenters. The molecule has 0 bridgehead atoms. The van der Waals surface area contributed by atoms with Gasteiger partial charge in [0, 0.05) is 18.8 Å².